The Balaban J connectivity index is 1.97. The van der Waals surface area contributed by atoms with Crippen LogP contribution in [0.15, 0.2) is 12.2 Å². The fourth-order valence-electron chi connectivity index (χ4n) is 7.89. The van der Waals surface area contributed by atoms with Gasteiger partial charge in [-0.2, -0.15) is 0 Å². The number of aliphatic hydroxyl groups is 3. The Morgan fingerprint density at radius 2 is 2.08 bits per heavy atom. The minimum Gasteiger partial charge on any atom is -0.481 e. The highest BCUT2D eigenvalue weighted by atomic mass is 16.4. The highest BCUT2D eigenvalue weighted by Crippen LogP contribution is 2.77. The maximum atomic E-state index is 12.5. The molecule has 0 radical (unpaired) electrons. The highest BCUT2D eigenvalue weighted by Gasteiger charge is 2.77. The summed E-state index contributed by atoms with van der Waals surface area (Å²) in [5.74, 6) is -2.52. The van der Waals surface area contributed by atoms with Gasteiger partial charge in [0.2, 0.25) is 0 Å². The maximum absolute atomic E-state index is 12.5. The summed E-state index contributed by atoms with van der Waals surface area (Å²) in [6, 6.07) is 0. The summed E-state index contributed by atoms with van der Waals surface area (Å²) in [7, 11) is 0. The lowest BCUT2D eigenvalue weighted by Gasteiger charge is -2.52. The molecule has 6 nitrogen and oxygen atoms in total. The SMILES string of the molecule is C=C1CC23CC1(O)CCC2C1(CO)CC(O)CC(C)(C=O)C1C3C(=O)O. The second kappa shape index (κ2) is 5.18. The van der Waals surface area contributed by atoms with Gasteiger partial charge in [-0.15, -0.1) is 0 Å². The molecule has 4 rings (SSSR count). The fourth-order valence-corrected chi connectivity index (χ4v) is 7.89. The number of hydrogen-bond donors (Lipinski definition) is 4. The number of carbonyl (C=O) groups is 2. The van der Waals surface area contributed by atoms with Crippen LogP contribution in [-0.2, 0) is 9.59 Å². The van der Waals surface area contributed by atoms with Crippen LogP contribution in [0.25, 0.3) is 0 Å². The Labute approximate surface area is 152 Å². The van der Waals surface area contributed by atoms with Crippen LogP contribution >= 0.6 is 0 Å². The van der Waals surface area contributed by atoms with E-state index in [0.717, 1.165) is 6.29 Å². The van der Waals surface area contributed by atoms with Crippen molar-refractivity contribution in [1.82, 2.24) is 0 Å². The molecule has 6 heteroatoms. The number of carbonyl (C=O) groups excluding carboxylic acids is 1. The first-order chi connectivity index (χ1) is 12.1. The number of hydrogen-bond acceptors (Lipinski definition) is 5. The third kappa shape index (κ3) is 1.88. The first-order valence-electron chi connectivity index (χ1n) is 9.47. The lowest BCUT2D eigenvalue weighted by Crippen LogP contribution is -2.54. The van der Waals surface area contributed by atoms with Crippen LogP contribution in [0.2, 0.25) is 0 Å². The van der Waals surface area contributed by atoms with Crippen molar-refractivity contribution in [2.75, 3.05) is 6.61 Å². The summed E-state index contributed by atoms with van der Waals surface area (Å²) >= 11 is 0. The first-order valence-corrected chi connectivity index (χ1v) is 9.47. The fraction of sp³-hybridized carbons (Fsp3) is 0.800. The van der Waals surface area contributed by atoms with Gasteiger partial charge in [0.05, 0.1) is 17.6 Å². The van der Waals surface area contributed by atoms with Gasteiger partial charge in [-0.3, -0.25) is 4.79 Å². The largest absolute Gasteiger partial charge is 0.481 e. The molecular weight excluding hydrogens is 336 g/mol. The average molecular weight is 364 g/mol. The third-order valence-electron chi connectivity index (χ3n) is 8.46. The number of aliphatic hydroxyl groups excluding tert-OH is 2. The van der Waals surface area contributed by atoms with Crippen LogP contribution in [0.5, 0.6) is 0 Å². The zero-order chi connectivity index (χ0) is 19.1. The summed E-state index contributed by atoms with van der Waals surface area (Å²) < 4.78 is 0. The predicted molar refractivity (Wildman–Crippen MR) is 92.0 cm³/mol. The molecule has 26 heavy (non-hydrogen) atoms. The summed E-state index contributed by atoms with van der Waals surface area (Å²) in [6.07, 6.45) is 2.36. The number of carboxylic acid groups (broad SMARTS) is 1. The Morgan fingerprint density at radius 1 is 1.38 bits per heavy atom. The van der Waals surface area contributed by atoms with Gasteiger partial charge in [0.15, 0.2) is 0 Å². The van der Waals surface area contributed by atoms with Crippen molar-refractivity contribution in [3.05, 3.63) is 12.2 Å². The predicted octanol–water partition coefficient (Wildman–Crippen LogP) is 1.13. The summed E-state index contributed by atoms with van der Waals surface area (Å²) in [4.78, 5) is 24.6. The molecule has 4 aliphatic rings. The average Bonchev–Trinajstić information content (AvgIpc) is 2.92. The first kappa shape index (κ1) is 18.1. The molecule has 8 atom stereocenters. The second-order valence-corrected chi connectivity index (χ2v) is 9.68. The van der Waals surface area contributed by atoms with Gasteiger partial charge in [0.25, 0.3) is 0 Å². The molecule has 1 spiro atoms. The van der Waals surface area contributed by atoms with Crippen molar-refractivity contribution in [1.29, 1.82) is 0 Å². The molecule has 0 heterocycles. The second-order valence-electron chi connectivity index (χ2n) is 9.68. The van der Waals surface area contributed by atoms with E-state index >= 15 is 0 Å². The molecule has 144 valence electrons. The zero-order valence-electron chi connectivity index (χ0n) is 15.1. The van der Waals surface area contributed by atoms with E-state index in [1.54, 1.807) is 6.92 Å². The topological polar surface area (TPSA) is 115 Å². The van der Waals surface area contributed by atoms with Crippen LogP contribution in [0.3, 0.4) is 0 Å². The Morgan fingerprint density at radius 3 is 2.65 bits per heavy atom. The smallest absolute Gasteiger partial charge is 0.307 e. The quantitative estimate of drug-likeness (QED) is 0.441. The highest BCUT2D eigenvalue weighted by molar-refractivity contribution is 5.75. The molecule has 0 aromatic rings. The van der Waals surface area contributed by atoms with Crippen molar-refractivity contribution in [2.24, 2.45) is 34.0 Å². The van der Waals surface area contributed by atoms with Crippen molar-refractivity contribution in [2.45, 2.75) is 57.2 Å². The lowest BCUT2D eigenvalue weighted by atomic mass is 9.52. The monoisotopic (exact) mass is 364 g/mol. The summed E-state index contributed by atoms with van der Waals surface area (Å²) in [6.45, 7) is 5.50. The minimum absolute atomic E-state index is 0.153. The van der Waals surface area contributed by atoms with E-state index < -0.39 is 45.8 Å². The van der Waals surface area contributed by atoms with Crippen LogP contribution < -0.4 is 0 Å². The Hall–Kier alpha value is -1.24. The zero-order valence-corrected chi connectivity index (χ0v) is 15.1. The number of aliphatic carboxylic acids is 1. The molecule has 0 aliphatic heterocycles. The molecule has 4 saturated carbocycles. The van der Waals surface area contributed by atoms with Gasteiger partial charge >= 0.3 is 5.97 Å². The number of fused-ring (bicyclic) bond motifs is 3. The molecule has 8 unspecified atom stereocenters. The van der Waals surface area contributed by atoms with Crippen molar-refractivity contribution in [3.63, 3.8) is 0 Å². The summed E-state index contributed by atoms with van der Waals surface area (Å²) in [5, 5.41) is 42.2. The lowest BCUT2D eigenvalue weighted by molar-refractivity contribution is -0.159. The normalized spacial score (nSPS) is 55.3. The van der Waals surface area contributed by atoms with Gasteiger partial charge in [-0.05, 0) is 61.3 Å². The molecule has 0 amide bonds. The minimum atomic E-state index is -1.05. The van der Waals surface area contributed by atoms with E-state index in [0.29, 0.717) is 37.7 Å². The van der Waals surface area contributed by atoms with Crippen LogP contribution in [0, 0.1) is 34.0 Å². The van der Waals surface area contributed by atoms with E-state index in [1.165, 1.54) is 0 Å². The third-order valence-corrected chi connectivity index (χ3v) is 8.46. The van der Waals surface area contributed by atoms with E-state index in [9.17, 15) is 30.0 Å². The molecule has 0 aromatic carbocycles. The van der Waals surface area contributed by atoms with Gasteiger partial charge in [0, 0.05) is 17.4 Å². The van der Waals surface area contributed by atoms with E-state index in [4.69, 9.17) is 0 Å². The molecule has 4 fully saturated rings. The van der Waals surface area contributed by atoms with E-state index in [1.807, 2.05) is 0 Å². The maximum Gasteiger partial charge on any atom is 0.307 e. The standard InChI is InChI=1S/C20H28O6/c1-11-5-18-8-20(11,26)4-3-13(18)19(10-22)7-12(23)6-17(2,9-21)15(19)14(18)16(24)25/h9,12-15,22-23,26H,1,3-8,10H2,2H3,(H,24,25). The van der Waals surface area contributed by atoms with Crippen molar-refractivity contribution in [3.8, 4) is 0 Å². The Kier molecular flexibility index (Phi) is 3.61. The molecule has 2 bridgehead atoms. The van der Waals surface area contributed by atoms with Gasteiger partial charge in [-0.1, -0.05) is 13.5 Å². The molecule has 0 aromatic heterocycles. The molecule has 0 saturated heterocycles. The van der Waals surface area contributed by atoms with Crippen molar-refractivity contribution >= 4 is 12.3 Å². The molecule has 4 N–H and O–H groups in total. The molecule has 4 aliphatic carbocycles. The Bertz CT molecular complexity index is 690. The number of rotatable bonds is 3. The molecular formula is C20H28O6. The van der Waals surface area contributed by atoms with Gasteiger partial charge in [-0.25, -0.2) is 0 Å². The van der Waals surface area contributed by atoms with E-state index in [-0.39, 0.29) is 18.9 Å². The van der Waals surface area contributed by atoms with Crippen LogP contribution in [-0.4, -0.2) is 51.0 Å². The van der Waals surface area contributed by atoms with E-state index in [2.05, 4.69) is 6.58 Å². The van der Waals surface area contributed by atoms with Gasteiger partial charge < -0.3 is 25.2 Å². The number of aldehydes is 1. The van der Waals surface area contributed by atoms with Crippen LogP contribution in [0.4, 0.5) is 0 Å². The van der Waals surface area contributed by atoms with Crippen molar-refractivity contribution < 1.29 is 30.0 Å². The summed E-state index contributed by atoms with van der Waals surface area (Å²) in [5.41, 5.74) is -2.92. The van der Waals surface area contributed by atoms with Crippen LogP contribution in [0.1, 0.15) is 45.4 Å². The van der Waals surface area contributed by atoms with Gasteiger partial charge in [0.1, 0.15) is 6.29 Å². The number of carboxylic acids is 1.